The largest absolute Gasteiger partial charge is 0.358 e. The van der Waals surface area contributed by atoms with Gasteiger partial charge in [-0.25, -0.2) is 14.3 Å². The molecule has 1 aromatic rings. The van der Waals surface area contributed by atoms with Crippen molar-refractivity contribution in [3.63, 3.8) is 0 Å². The molecule has 0 aromatic heterocycles. The summed E-state index contributed by atoms with van der Waals surface area (Å²) in [4.78, 5) is 31.5. The second-order valence-electron chi connectivity index (χ2n) is 7.09. The number of nitrogens with one attached hydrogen (secondary N) is 2. The van der Waals surface area contributed by atoms with Gasteiger partial charge in [-0.3, -0.25) is 14.4 Å². The monoisotopic (exact) mass is 413 g/mol. The van der Waals surface area contributed by atoms with E-state index in [1.165, 1.54) is 19.2 Å². The summed E-state index contributed by atoms with van der Waals surface area (Å²) in [6, 6.07) is 3.02. The van der Waals surface area contributed by atoms with Crippen LogP contribution in [0.15, 0.2) is 18.2 Å². The number of carbonyl (C=O) groups excluding carboxylic acids is 2. The van der Waals surface area contributed by atoms with Gasteiger partial charge in [-0.1, -0.05) is 38.2 Å². The Bertz CT molecular complexity index is 745. The van der Waals surface area contributed by atoms with E-state index in [0.717, 1.165) is 6.07 Å². The molecule has 0 bridgehead atoms. The average Bonchev–Trinajstić information content (AvgIpc) is 2.96. The van der Waals surface area contributed by atoms with E-state index in [0.29, 0.717) is 17.8 Å². The molecule has 2 rings (SSSR count). The van der Waals surface area contributed by atoms with Crippen molar-refractivity contribution in [1.29, 1.82) is 0 Å². The van der Waals surface area contributed by atoms with Crippen LogP contribution in [0.3, 0.4) is 0 Å². The van der Waals surface area contributed by atoms with Crippen molar-refractivity contribution in [2.75, 3.05) is 7.11 Å². The lowest BCUT2D eigenvalue weighted by atomic mass is 10.0. The highest BCUT2D eigenvalue weighted by molar-refractivity contribution is 7.80. The Kier molecular flexibility index (Phi) is 7.82. The smallest absolute Gasteiger partial charge is 0.266 e. The van der Waals surface area contributed by atoms with Gasteiger partial charge in [0.05, 0.1) is 12.1 Å². The SMILES string of the molecule is CONC(=O)[C@@H](NC(=O)C[C@@H]1CCC(=S)N1Cc1cccc(F)c1F)C(C)C. The maximum absolute atomic E-state index is 14.0. The van der Waals surface area contributed by atoms with Gasteiger partial charge in [0.15, 0.2) is 11.6 Å². The van der Waals surface area contributed by atoms with Crippen LogP contribution in [-0.2, 0) is 21.0 Å². The van der Waals surface area contributed by atoms with Gasteiger partial charge in [0.25, 0.3) is 5.91 Å². The summed E-state index contributed by atoms with van der Waals surface area (Å²) in [7, 11) is 1.32. The van der Waals surface area contributed by atoms with E-state index in [1.54, 1.807) is 4.90 Å². The van der Waals surface area contributed by atoms with Crippen LogP contribution in [0.2, 0.25) is 0 Å². The van der Waals surface area contributed by atoms with Crippen molar-refractivity contribution in [2.45, 2.75) is 51.7 Å². The Morgan fingerprint density at radius 1 is 1.36 bits per heavy atom. The summed E-state index contributed by atoms with van der Waals surface area (Å²) in [5, 5.41) is 2.71. The summed E-state index contributed by atoms with van der Waals surface area (Å²) in [6.45, 7) is 3.71. The number of thiocarbonyl (C=S) groups is 1. The first-order chi connectivity index (χ1) is 13.2. The van der Waals surface area contributed by atoms with Crippen LogP contribution in [0.1, 0.15) is 38.7 Å². The lowest BCUT2D eigenvalue weighted by molar-refractivity contribution is -0.137. The van der Waals surface area contributed by atoms with E-state index >= 15 is 0 Å². The third-order valence-electron chi connectivity index (χ3n) is 4.71. The van der Waals surface area contributed by atoms with Gasteiger partial charge >= 0.3 is 0 Å². The number of carbonyl (C=O) groups is 2. The first-order valence-corrected chi connectivity index (χ1v) is 9.50. The molecule has 0 saturated carbocycles. The van der Waals surface area contributed by atoms with E-state index in [4.69, 9.17) is 12.2 Å². The minimum Gasteiger partial charge on any atom is -0.358 e. The maximum Gasteiger partial charge on any atom is 0.266 e. The summed E-state index contributed by atoms with van der Waals surface area (Å²) in [6.07, 6.45) is 1.34. The van der Waals surface area contributed by atoms with Crippen molar-refractivity contribution < 1.29 is 23.2 Å². The Morgan fingerprint density at radius 2 is 2.07 bits per heavy atom. The van der Waals surface area contributed by atoms with Gasteiger partial charge in [-0.05, 0) is 24.8 Å². The highest BCUT2D eigenvalue weighted by atomic mass is 32.1. The van der Waals surface area contributed by atoms with E-state index in [2.05, 4.69) is 15.6 Å². The topological polar surface area (TPSA) is 70.7 Å². The third-order valence-corrected chi connectivity index (χ3v) is 5.15. The number of likely N-dealkylation sites (tertiary alicyclic amines) is 1. The third kappa shape index (κ3) is 5.45. The Hall–Kier alpha value is -2.13. The molecule has 0 unspecified atom stereocenters. The van der Waals surface area contributed by atoms with Crippen LogP contribution in [-0.4, -0.2) is 40.9 Å². The highest BCUT2D eigenvalue weighted by Crippen LogP contribution is 2.26. The first kappa shape index (κ1) is 22.2. The number of halogens is 2. The van der Waals surface area contributed by atoms with Crippen LogP contribution in [0, 0.1) is 17.6 Å². The Labute approximate surface area is 168 Å². The summed E-state index contributed by atoms with van der Waals surface area (Å²) in [5.74, 6) is -2.71. The van der Waals surface area contributed by atoms with Crippen LogP contribution in [0.4, 0.5) is 8.78 Å². The fraction of sp³-hybridized carbons (Fsp3) is 0.526. The van der Waals surface area contributed by atoms with Gasteiger partial charge in [-0.15, -0.1) is 0 Å². The molecule has 0 radical (unpaired) electrons. The molecule has 1 heterocycles. The molecular weight excluding hydrogens is 388 g/mol. The molecule has 2 atom stereocenters. The summed E-state index contributed by atoms with van der Waals surface area (Å²) < 4.78 is 27.5. The summed E-state index contributed by atoms with van der Waals surface area (Å²) in [5.41, 5.74) is 2.41. The standard InChI is InChI=1S/C19H25F2N3O3S/c1-11(2)18(19(26)23-27-3)22-15(25)9-13-7-8-16(28)24(13)10-12-5-4-6-14(20)17(12)21/h4-6,11,13,18H,7-10H2,1-3H3,(H,22,25)(H,23,26)/t13-,18-/m0/s1. The molecule has 28 heavy (non-hydrogen) atoms. The first-order valence-electron chi connectivity index (χ1n) is 9.09. The molecule has 0 spiro atoms. The van der Waals surface area contributed by atoms with Crippen molar-refractivity contribution in [1.82, 2.24) is 15.7 Å². The van der Waals surface area contributed by atoms with Gasteiger partial charge in [-0.2, -0.15) is 0 Å². The molecule has 2 N–H and O–H groups in total. The molecular formula is C19H25F2N3O3S. The lowest BCUT2D eigenvalue weighted by Crippen LogP contribution is -2.50. The van der Waals surface area contributed by atoms with Crippen LogP contribution >= 0.6 is 12.2 Å². The van der Waals surface area contributed by atoms with Crippen LogP contribution < -0.4 is 10.8 Å². The van der Waals surface area contributed by atoms with Gasteiger partial charge in [0.1, 0.15) is 6.04 Å². The number of hydrogen-bond donors (Lipinski definition) is 2. The zero-order chi connectivity index (χ0) is 20.8. The maximum atomic E-state index is 14.0. The molecule has 9 heteroatoms. The van der Waals surface area contributed by atoms with E-state index in [-0.39, 0.29) is 36.4 Å². The van der Waals surface area contributed by atoms with Gasteiger partial charge in [0, 0.05) is 24.6 Å². The number of amides is 2. The van der Waals surface area contributed by atoms with E-state index < -0.39 is 23.6 Å². The van der Waals surface area contributed by atoms with Crippen LogP contribution in [0.25, 0.3) is 0 Å². The van der Waals surface area contributed by atoms with Gasteiger partial charge < -0.3 is 10.2 Å². The molecule has 6 nitrogen and oxygen atoms in total. The number of nitrogens with zero attached hydrogens (tertiary/aromatic N) is 1. The van der Waals surface area contributed by atoms with Crippen molar-refractivity contribution in [2.24, 2.45) is 5.92 Å². The number of hydrogen-bond acceptors (Lipinski definition) is 4. The highest BCUT2D eigenvalue weighted by Gasteiger charge is 2.32. The van der Waals surface area contributed by atoms with E-state index in [1.807, 2.05) is 13.8 Å². The number of hydroxylamine groups is 1. The molecule has 154 valence electrons. The van der Waals surface area contributed by atoms with E-state index in [9.17, 15) is 18.4 Å². The predicted octanol–water partition coefficient (Wildman–Crippen LogP) is 2.47. The Morgan fingerprint density at radius 3 is 2.71 bits per heavy atom. The van der Waals surface area contributed by atoms with Crippen LogP contribution in [0.5, 0.6) is 0 Å². The lowest BCUT2D eigenvalue weighted by Gasteiger charge is -2.28. The predicted molar refractivity (Wildman–Crippen MR) is 104 cm³/mol. The zero-order valence-electron chi connectivity index (χ0n) is 16.1. The minimum atomic E-state index is -0.916. The fourth-order valence-electron chi connectivity index (χ4n) is 3.22. The van der Waals surface area contributed by atoms with Gasteiger partial charge in [0.2, 0.25) is 5.91 Å². The molecule has 1 fully saturated rings. The number of benzene rings is 1. The quantitative estimate of drug-likeness (QED) is 0.506. The second kappa shape index (κ2) is 9.88. The minimum absolute atomic E-state index is 0.0954. The second-order valence-corrected chi connectivity index (χ2v) is 7.56. The molecule has 1 saturated heterocycles. The van der Waals surface area contributed by atoms with Crippen molar-refractivity contribution in [3.05, 3.63) is 35.4 Å². The summed E-state index contributed by atoms with van der Waals surface area (Å²) >= 11 is 5.35. The normalized spacial score (nSPS) is 17.7. The fourth-order valence-corrected chi connectivity index (χ4v) is 3.55. The average molecular weight is 413 g/mol. The number of rotatable bonds is 8. The molecule has 1 aliphatic rings. The molecule has 1 aliphatic heterocycles. The van der Waals surface area contributed by atoms with Crippen molar-refractivity contribution in [3.8, 4) is 0 Å². The zero-order valence-corrected chi connectivity index (χ0v) is 16.9. The Balaban J connectivity index is 2.05. The van der Waals surface area contributed by atoms with Crippen molar-refractivity contribution >= 4 is 29.0 Å². The molecule has 1 aromatic carbocycles. The molecule has 2 amide bonds. The molecule has 0 aliphatic carbocycles.